The van der Waals surface area contributed by atoms with Gasteiger partial charge in [-0.15, -0.1) is 0 Å². The first-order valence-electron chi connectivity index (χ1n) is 6.32. The third-order valence-electron chi connectivity index (χ3n) is 3.02. The van der Waals surface area contributed by atoms with Gasteiger partial charge in [-0.1, -0.05) is 29.8 Å². The van der Waals surface area contributed by atoms with E-state index in [4.69, 9.17) is 16.3 Å². The van der Waals surface area contributed by atoms with E-state index < -0.39 is 6.10 Å². The normalized spacial score (nSPS) is 12.2. The van der Waals surface area contributed by atoms with Crippen molar-refractivity contribution in [2.24, 2.45) is 0 Å². The second-order valence-electron chi connectivity index (χ2n) is 4.74. The van der Waals surface area contributed by atoms with Crippen LogP contribution in [0.25, 0.3) is 0 Å². The summed E-state index contributed by atoms with van der Waals surface area (Å²) >= 11 is 5.96. The summed E-state index contributed by atoms with van der Waals surface area (Å²) in [5.41, 5.74) is 2.45. The lowest BCUT2D eigenvalue weighted by molar-refractivity contribution is 0.190. The Morgan fingerprint density at radius 3 is 2.65 bits per heavy atom. The molecule has 0 amide bonds. The molecule has 0 aliphatic rings. The monoisotopic (exact) mass is 294 g/mol. The highest BCUT2D eigenvalue weighted by atomic mass is 35.5. The van der Waals surface area contributed by atoms with Crippen molar-refractivity contribution in [2.45, 2.75) is 26.6 Å². The van der Waals surface area contributed by atoms with Gasteiger partial charge in [0.15, 0.2) is 0 Å². The van der Waals surface area contributed by atoms with E-state index in [1.165, 1.54) is 12.1 Å². The highest BCUT2D eigenvalue weighted by Crippen LogP contribution is 2.28. The summed E-state index contributed by atoms with van der Waals surface area (Å²) in [7, 11) is 0. The molecule has 0 fully saturated rings. The minimum atomic E-state index is -0.616. The minimum Gasteiger partial charge on any atom is -0.488 e. The van der Waals surface area contributed by atoms with Gasteiger partial charge < -0.3 is 9.84 Å². The minimum absolute atomic E-state index is 0.224. The Balaban J connectivity index is 2.20. The first-order valence-corrected chi connectivity index (χ1v) is 6.70. The fourth-order valence-corrected chi connectivity index (χ4v) is 2.13. The Labute approximate surface area is 122 Å². The lowest BCUT2D eigenvalue weighted by atomic mass is 10.1. The largest absolute Gasteiger partial charge is 0.488 e. The molecule has 1 unspecified atom stereocenters. The SMILES string of the molecule is Cc1ccc(C(C)O)c(OCc2ccc(F)cc2Cl)c1. The summed E-state index contributed by atoms with van der Waals surface area (Å²) in [4.78, 5) is 0. The summed E-state index contributed by atoms with van der Waals surface area (Å²) in [6, 6.07) is 9.80. The average molecular weight is 295 g/mol. The maximum Gasteiger partial charge on any atom is 0.125 e. The highest BCUT2D eigenvalue weighted by Gasteiger charge is 2.10. The second-order valence-corrected chi connectivity index (χ2v) is 5.15. The van der Waals surface area contributed by atoms with Gasteiger partial charge in [-0.05, 0) is 37.6 Å². The Morgan fingerprint density at radius 1 is 1.25 bits per heavy atom. The van der Waals surface area contributed by atoms with E-state index >= 15 is 0 Å². The van der Waals surface area contributed by atoms with Gasteiger partial charge in [-0.2, -0.15) is 0 Å². The third kappa shape index (κ3) is 3.50. The van der Waals surface area contributed by atoms with Gasteiger partial charge in [-0.25, -0.2) is 4.39 Å². The van der Waals surface area contributed by atoms with Crippen LogP contribution in [-0.4, -0.2) is 5.11 Å². The number of aliphatic hydroxyl groups excluding tert-OH is 1. The van der Waals surface area contributed by atoms with E-state index in [2.05, 4.69) is 0 Å². The lowest BCUT2D eigenvalue weighted by Gasteiger charge is -2.15. The maximum atomic E-state index is 13.0. The van der Waals surface area contributed by atoms with Crippen LogP contribution in [0.4, 0.5) is 4.39 Å². The number of ether oxygens (including phenoxy) is 1. The van der Waals surface area contributed by atoms with Crippen molar-refractivity contribution in [2.75, 3.05) is 0 Å². The van der Waals surface area contributed by atoms with Gasteiger partial charge in [0.2, 0.25) is 0 Å². The molecular formula is C16H16ClFO2. The van der Waals surface area contributed by atoms with Crippen molar-refractivity contribution in [3.63, 3.8) is 0 Å². The summed E-state index contributed by atoms with van der Waals surface area (Å²) in [6.45, 7) is 3.86. The molecule has 2 rings (SSSR count). The van der Waals surface area contributed by atoms with Crippen molar-refractivity contribution in [3.05, 3.63) is 63.9 Å². The molecule has 20 heavy (non-hydrogen) atoms. The van der Waals surface area contributed by atoms with Crippen molar-refractivity contribution in [1.29, 1.82) is 0 Å². The van der Waals surface area contributed by atoms with Crippen LogP contribution in [0.1, 0.15) is 29.7 Å². The van der Waals surface area contributed by atoms with Crippen LogP contribution >= 0.6 is 11.6 Å². The molecule has 0 saturated carbocycles. The van der Waals surface area contributed by atoms with Crippen LogP contribution in [0.3, 0.4) is 0 Å². The van der Waals surface area contributed by atoms with Crippen molar-refractivity contribution < 1.29 is 14.2 Å². The van der Waals surface area contributed by atoms with Gasteiger partial charge in [-0.3, -0.25) is 0 Å². The molecule has 0 aliphatic heterocycles. The van der Waals surface area contributed by atoms with Crippen LogP contribution in [0, 0.1) is 12.7 Å². The van der Waals surface area contributed by atoms with E-state index in [9.17, 15) is 9.50 Å². The third-order valence-corrected chi connectivity index (χ3v) is 3.37. The van der Waals surface area contributed by atoms with Crippen LogP contribution in [-0.2, 0) is 6.61 Å². The zero-order chi connectivity index (χ0) is 14.7. The number of hydrogen-bond donors (Lipinski definition) is 1. The van der Waals surface area contributed by atoms with Gasteiger partial charge >= 0.3 is 0 Å². The van der Waals surface area contributed by atoms with E-state index in [1.54, 1.807) is 13.0 Å². The molecule has 0 saturated heterocycles. The predicted molar refractivity (Wildman–Crippen MR) is 77.6 cm³/mol. The van der Waals surface area contributed by atoms with Crippen LogP contribution in [0.2, 0.25) is 5.02 Å². The van der Waals surface area contributed by atoms with Gasteiger partial charge in [0.25, 0.3) is 0 Å². The molecule has 1 N–H and O–H groups in total. The Hall–Kier alpha value is -1.58. The number of rotatable bonds is 4. The zero-order valence-electron chi connectivity index (χ0n) is 11.4. The molecule has 0 aromatic heterocycles. The summed E-state index contributed by atoms with van der Waals surface area (Å²) < 4.78 is 18.7. The van der Waals surface area contributed by atoms with Crippen LogP contribution in [0.15, 0.2) is 36.4 Å². The number of aliphatic hydroxyl groups is 1. The molecule has 0 spiro atoms. The van der Waals surface area contributed by atoms with Crippen molar-refractivity contribution >= 4 is 11.6 Å². The van der Waals surface area contributed by atoms with E-state index in [0.717, 1.165) is 5.56 Å². The standard InChI is InChI=1S/C16H16ClFO2/c1-10-3-6-14(11(2)19)16(7-10)20-9-12-4-5-13(18)8-15(12)17/h3-8,11,19H,9H2,1-2H3. The second kappa shape index (κ2) is 6.25. The molecular weight excluding hydrogens is 279 g/mol. The van der Waals surface area contributed by atoms with Gasteiger partial charge in [0, 0.05) is 11.1 Å². The molecule has 4 heteroatoms. The van der Waals surface area contributed by atoms with E-state index in [0.29, 0.717) is 21.9 Å². The van der Waals surface area contributed by atoms with E-state index in [-0.39, 0.29) is 12.4 Å². The smallest absolute Gasteiger partial charge is 0.125 e. The Kier molecular flexibility index (Phi) is 4.63. The molecule has 0 bridgehead atoms. The summed E-state index contributed by atoms with van der Waals surface area (Å²) in [5, 5.41) is 10.1. The van der Waals surface area contributed by atoms with Crippen molar-refractivity contribution in [1.82, 2.24) is 0 Å². The number of benzene rings is 2. The lowest BCUT2D eigenvalue weighted by Crippen LogP contribution is -2.02. The molecule has 106 valence electrons. The summed E-state index contributed by atoms with van der Waals surface area (Å²) in [5.74, 6) is 0.236. The molecule has 2 nitrogen and oxygen atoms in total. The number of hydrogen-bond acceptors (Lipinski definition) is 2. The van der Waals surface area contributed by atoms with Crippen LogP contribution < -0.4 is 4.74 Å². The Morgan fingerprint density at radius 2 is 2.00 bits per heavy atom. The number of aryl methyl sites for hydroxylation is 1. The quantitative estimate of drug-likeness (QED) is 0.904. The summed E-state index contributed by atoms with van der Waals surface area (Å²) in [6.07, 6.45) is -0.616. The first kappa shape index (κ1) is 14.8. The molecule has 0 aliphatic carbocycles. The molecule has 0 heterocycles. The van der Waals surface area contributed by atoms with Crippen LogP contribution in [0.5, 0.6) is 5.75 Å². The first-order chi connectivity index (χ1) is 9.47. The van der Waals surface area contributed by atoms with Gasteiger partial charge in [0.1, 0.15) is 18.2 Å². The zero-order valence-corrected chi connectivity index (χ0v) is 12.1. The average Bonchev–Trinajstić information content (AvgIpc) is 2.37. The van der Waals surface area contributed by atoms with Crippen molar-refractivity contribution in [3.8, 4) is 5.75 Å². The number of halogens is 2. The Bertz CT molecular complexity index is 611. The topological polar surface area (TPSA) is 29.5 Å². The van der Waals surface area contributed by atoms with Gasteiger partial charge in [0.05, 0.1) is 11.1 Å². The molecule has 2 aromatic rings. The predicted octanol–water partition coefficient (Wildman–Crippen LogP) is 4.42. The van der Waals surface area contributed by atoms with E-state index in [1.807, 2.05) is 25.1 Å². The molecule has 1 atom stereocenters. The highest BCUT2D eigenvalue weighted by molar-refractivity contribution is 6.31. The molecule has 2 aromatic carbocycles. The maximum absolute atomic E-state index is 13.0. The molecule has 0 radical (unpaired) electrons. The fraction of sp³-hybridized carbons (Fsp3) is 0.250. The fourth-order valence-electron chi connectivity index (χ4n) is 1.91.